The van der Waals surface area contributed by atoms with Gasteiger partial charge in [-0.05, 0) is 24.7 Å². The van der Waals surface area contributed by atoms with Gasteiger partial charge in [-0.25, -0.2) is 0 Å². The Kier molecular flexibility index (Phi) is 5.38. The Morgan fingerprint density at radius 1 is 1.30 bits per heavy atom. The monoisotopic (exact) mass is 140 g/mol. The Labute approximate surface area is 65.3 Å². The molecule has 0 heteroatoms. The summed E-state index contributed by atoms with van der Waals surface area (Å²) in [5.41, 5.74) is 0. The second-order valence-corrected chi connectivity index (χ2v) is 3.38. The predicted octanol–water partition coefficient (Wildman–Crippen LogP) is 3.63. The molecule has 10 heavy (non-hydrogen) atoms. The lowest BCUT2D eigenvalue weighted by molar-refractivity contribution is 0.473. The maximum Gasteiger partial charge on any atom is -0.0239 e. The van der Waals surface area contributed by atoms with Gasteiger partial charge in [-0.2, -0.15) is 0 Å². The number of hydrogen-bond acceptors (Lipinski definition) is 0. The third-order valence-electron chi connectivity index (χ3n) is 1.97. The van der Waals surface area contributed by atoms with Crippen LogP contribution in [-0.4, -0.2) is 0 Å². The summed E-state index contributed by atoms with van der Waals surface area (Å²) in [6.07, 6.45) is 5.99. The van der Waals surface area contributed by atoms with Crippen LogP contribution in [0.4, 0.5) is 0 Å². The van der Waals surface area contributed by atoms with Crippen molar-refractivity contribution in [1.29, 1.82) is 0 Å². The first-order valence-electron chi connectivity index (χ1n) is 4.33. The van der Waals surface area contributed by atoms with Crippen molar-refractivity contribution in [3.8, 4) is 0 Å². The molecule has 1 unspecified atom stereocenters. The van der Waals surface area contributed by atoms with E-state index in [1.807, 2.05) is 0 Å². The van der Waals surface area contributed by atoms with E-state index in [9.17, 15) is 0 Å². The van der Waals surface area contributed by atoms with Gasteiger partial charge >= 0.3 is 0 Å². The minimum atomic E-state index is 0.752. The van der Waals surface area contributed by atoms with Crippen LogP contribution in [0.15, 0.2) is 12.7 Å². The maximum atomic E-state index is 3.81. The maximum absolute atomic E-state index is 3.81. The molecule has 0 aliphatic heterocycles. The fourth-order valence-electron chi connectivity index (χ4n) is 1.04. The zero-order valence-electron chi connectivity index (χ0n) is 7.56. The van der Waals surface area contributed by atoms with Gasteiger partial charge in [0, 0.05) is 0 Å². The number of rotatable bonds is 5. The molecule has 1 atom stereocenters. The molecule has 0 heterocycles. The van der Waals surface area contributed by atoms with Crippen molar-refractivity contribution in [3.05, 3.63) is 12.7 Å². The first-order valence-corrected chi connectivity index (χ1v) is 4.33. The van der Waals surface area contributed by atoms with Gasteiger partial charge in [0.15, 0.2) is 0 Å². The number of hydrogen-bond donors (Lipinski definition) is 0. The summed E-state index contributed by atoms with van der Waals surface area (Å²) in [6.45, 7) is 10.6. The van der Waals surface area contributed by atoms with Crippen LogP contribution in [0.3, 0.4) is 0 Å². The third kappa shape index (κ3) is 4.60. The third-order valence-corrected chi connectivity index (χ3v) is 1.97. The highest BCUT2D eigenvalue weighted by Crippen LogP contribution is 2.15. The van der Waals surface area contributed by atoms with Crippen LogP contribution < -0.4 is 0 Å². The van der Waals surface area contributed by atoms with Gasteiger partial charge in [-0.3, -0.25) is 0 Å². The molecule has 0 saturated heterocycles. The van der Waals surface area contributed by atoms with E-state index >= 15 is 0 Å². The summed E-state index contributed by atoms with van der Waals surface area (Å²) in [4.78, 5) is 0. The molecule has 0 aliphatic carbocycles. The van der Waals surface area contributed by atoms with Gasteiger partial charge in [0.25, 0.3) is 0 Å². The van der Waals surface area contributed by atoms with Crippen molar-refractivity contribution < 1.29 is 0 Å². The molecule has 0 aromatic rings. The molecule has 0 nitrogen and oxygen atoms in total. The fraction of sp³-hybridized carbons (Fsp3) is 0.800. The van der Waals surface area contributed by atoms with Crippen LogP contribution in [0.5, 0.6) is 0 Å². The van der Waals surface area contributed by atoms with E-state index in [0.29, 0.717) is 0 Å². The molecule has 0 bridgehead atoms. The second kappa shape index (κ2) is 5.52. The normalized spacial score (nSPS) is 13.6. The molecule has 60 valence electrons. The van der Waals surface area contributed by atoms with Crippen LogP contribution in [0.25, 0.3) is 0 Å². The SMILES string of the molecule is C=CC(CC)CCC(C)C. The van der Waals surface area contributed by atoms with Crippen molar-refractivity contribution in [2.75, 3.05) is 0 Å². The summed E-state index contributed by atoms with van der Waals surface area (Å²) in [7, 11) is 0. The van der Waals surface area contributed by atoms with Crippen LogP contribution in [0.2, 0.25) is 0 Å². The Morgan fingerprint density at radius 2 is 1.90 bits per heavy atom. The Morgan fingerprint density at radius 3 is 2.20 bits per heavy atom. The van der Waals surface area contributed by atoms with E-state index in [1.54, 1.807) is 0 Å². The summed E-state index contributed by atoms with van der Waals surface area (Å²) < 4.78 is 0. The van der Waals surface area contributed by atoms with Gasteiger partial charge in [0.05, 0.1) is 0 Å². The van der Waals surface area contributed by atoms with Crippen LogP contribution in [0.1, 0.15) is 40.0 Å². The molecule has 0 aromatic heterocycles. The molecule has 0 rings (SSSR count). The molecular weight excluding hydrogens is 120 g/mol. The van der Waals surface area contributed by atoms with E-state index in [0.717, 1.165) is 11.8 Å². The Bertz CT molecular complexity index is 82.0. The van der Waals surface area contributed by atoms with Crippen LogP contribution in [0, 0.1) is 11.8 Å². The zero-order chi connectivity index (χ0) is 7.98. The second-order valence-electron chi connectivity index (χ2n) is 3.38. The van der Waals surface area contributed by atoms with E-state index in [-0.39, 0.29) is 0 Å². The van der Waals surface area contributed by atoms with Crippen LogP contribution >= 0.6 is 0 Å². The first kappa shape index (κ1) is 9.74. The van der Waals surface area contributed by atoms with Crippen molar-refractivity contribution in [2.24, 2.45) is 11.8 Å². The smallest absolute Gasteiger partial charge is 0.0239 e. The standard InChI is InChI=1S/C10H20/c1-5-10(6-2)8-7-9(3)4/h5,9-10H,1,6-8H2,2-4H3. The van der Waals surface area contributed by atoms with Crippen molar-refractivity contribution in [3.63, 3.8) is 0 Å². The van der Waals surface area contributed by atoms with Gasteiger partial charge in [-0.15, -0.1) is 6.58 Å². The highest BCUT2D eigenvalue weighted by molar-refractivity contribution is 4.77. The van der Waals surface area contributed by atoms with Gasteiger partial charge in [0.2, 0.25) is 0 Å². The summed E-state index contributed by atoms with van der Waals surface area (Å²) in [6, 6.07) is 0. The lowest BCUT2D eigenvalue weighted by Crippen LogP contribution is -1.96. The molecule has 0 aromatic carbocycles. The molecule has 0 spiro atoms. The first-order chi connectivity index (χ1) is 4.70. The lowest BCUT2D eigenvalue weighted by atomic mass is 9.96. The zero-order valence-corrected chi connectivity index (χ0v) is 7.56. The highest BCUT2D eigenvalue weighted by atomic mass is 14.1. The summed E-state index contributed by atoms with van der Waals surface area (Å²) in [5.74, 6) is 1.59. The predicted molar refractivity (Wildman–Crippen MR) is 48.1 cm³/mol. The average molecular weight is 140 g/mol. The van der Waals surface area contributed by atoms with E-state index in [4.69, 9.17) is 0 Å². The molecular formula is C10H20. The van der Waals surface area contributed by atoms with Gasteiger partial charge in [0.1, 0.15) is 0 Å². The van der Waals surface area contributed by atoms with E-state index in [2.05, 4.69) is 33.4 Å². The quantitative estimate of drug-likeness (QED) is 0.511. The molecule has 0 saturated carbocycles. The van der Waals surface area contributed by atoms with Gasteiger partial charge < -0.3 is 0 Å². The van der Waals surface area contributed by atoms with Crippen molar-refractivity contribution >= 4 is 0 Å². The largest absolute Gasteiger partial charge is 0.103 e. The van der Waals surface area contributed by atoms with E-state index in [1.165, 1.54) is 19.3 Å². The highest BCUT2D eigenvalue weighted by Gasteiger charge is 2.01. The molecule has 0 aliphatic rings. The fourth-order valence-corrected chi connectivity index (χ4v) is 1.04. The Balaban J connectivity index is 3.34. The molecule has 0 fully saturated rings. The van der Waals surface area contributed by atoms with Crippen molar-refractivity contribution in [1.82, 2.24) is 0 Å². The minimum absolute atomic E-state index is 0.752. The molecule has 0 amide bonds. The number of allylic oxidation sites excluding steroid dienone is 1. The Hall–Kier alpha value is -0.260. The van der Waals surface area contributed by atoms with Gasteiger partial charge in [-0.1, -0.05) is 33.3 Å². The minimum Gasteiger partial charge on any atom is -0.103 e. The summed E-state index contributed by atoms with van der Waals surface area (Å²) in [5, 5.41) is 0. The topological polar surface area (TPSA) is 0 Å². The van der Waals surface area contributed by atoms with Crippen molar-refractivity contribution in [2.45, 2.75) is 40.0 Å². The lowest BCUT2D eigenvalue weighted by Gasteiger charge is -2.10. The van der Waals surface area contributed by atoms with E-state index < -0.39 is 0 Å². The molecule has 0 N–H and O–H groups in total. The van der Waals surface area contributed by atoms with Crippen LogP contribution in [-0.2, 0) is 0 Å². The summed E-state index contributed by atoms with van der Waals surface area (Å²) >= 11 is 0. The average Bonchev–Trinajstić information content (AvgIpc) is 1.90. The molecule has 0 radical (unpaired) electrons.